The van der Waals surface area contributed by atoms with Gasteiger partial charge in [0.1, 0.15) is 11.9 Å². The summed E-state index contributed by atoms with van der Waals surface area (Å²) in [4.78, 5) is 0. The number of anilines is 1. The highest BCUT2D eigenvalue weighted by molar-refractivity contribution is 9.10. The maximum Gasteiger partial charge on any atom is 0.123 e. The van der Waals surface area contributed by atoms with Crippen molar-refractivity contribution in [3.05, 3.63) is 57.0 Å². The number of hydrogen-bond donors (Lipinski definition) is 1. The molecular weight excluding hydrogens is 338 g/mol. The van der Waals surface area contributed by atoms with Crippen LogP contribution >= 0.6 is 27.5 Å². The molecule has 0 saturated carbocycles. The molecule has 0 aromatic heterocycles. The molecule has 0 radical (unpaired) electrons. The highest BCUT2D eigenvalue weighted by Gasteiger charge is 2.22. The molecule has 104 valence electrons. The molecule has 1 aliphatic rings. The fraction of sp³-hybridized carbons (Fsp3) is 0.250. The molecule has 20 heavy (non-hydrogen) atoms. The van der Waals surface area contributed by atoms with E-state index in [4.69, 9.17) is 16.3 Å². The van der Waals surface area contributed by atoms with Crippen LogP contribution in [0.2, 0.25) is 5.02 Å². The summed E-state index contributed by atoms with van der Waals surface area (Å²) in [5.74, 6) is 1.01. The first-order valence-corrected chi connectivity index (χ1v) is 7.74. The minimum atomic E-state index is 0.165. The van der Waals surface area contributed by atoms with E-state index in [0.717, 1.165) is 28.9 Å². The third-order valence-electron chi connectivity index (χ3n) is 3.43. The molecule has 1 N–H and O–H groups in total. The van der Waals surface area contributed by atoms with Crippen molar-refractivity contribution in [3.63, 3.8) is 0 Å². The van der Waals surface area contributed by atoms with Crippen LogP contribution in [0.15, 0.2) is 40.9 Å². The lowest BCUT2D eigenvalue weighted by Crippen LogP contribution is -2.24. The number of fused-ring (bicyclic) bond motifs is 1. The topological polar surface area (TPSA) is 21.3 Å². The second-order valence-corrected chi connectivity index (χ2v) is 6.24. The van der Waals surface area contributed by atoms with Gasteiger partial charge >= 0.3 is 0 Å². The van der Waals surface area contributed by atoms with Gasteiger partial charge in [0.2, 0.25) is 0 Å². The summed E-state index contributed by atoms with van der Waals surface area (Å²) < 4.78 is 6.84. The van der Waals surface area contributed by atoms with Crippen molar-refractivity contribution in [2.75, 3.05) is 11.9 Å². The van der Waals surface area contributed by atoms with Gasteiger partial charge in [-0.15, -0.1) is 0 Å². The second-order valence-electron chi connectivity index (χ2n) is 5.04. The lowest BCUT2D eigenvalue weighted by Gasteiger charge is -2.14. The third kappa shape index (κ3) is 2.79. The number of benzene rings is 2. The molecule has 1 unspecified atom stereocenters. The summed E-state index contributed by atoms with van der Waals surface area (Å²) in [6, 6.07) is 12.1. The van der Waals surface area contributed by atoms with Crippen LogP contribution in [0, 0.1) is 6.92 Å². The summed E-state index contributed by atoms with van der Waals surface area (Å²) in [6.45, 7) is 2.86. The highest BCUT2D eigenvalue weighted by atomic mass is 79.9. The van der Waals surface area contributed by atoms with Crippen molar-refractivity contribution in [3.8, 4) is 5.75 Å². The zero-order valence-corrected chi connectivity index (χ0v) is 13.5. The van der Waals surface area contributed by atoms with E-state index < -0.39 is 0 Å². The maximum atomic E-state index is 6.08. The fourth-order valence-corrected chi connectivity index (χ4v) is 3.01. The summed E-state index contributed by atoms with van der Waals surface area (Å²) in [5, 5.41) is 4.10. The quantitative estimate of drug-likeness (QED) is 0.854. The van der Waals surface area contributed by atoms with Crippen LogP contribution in [0.25, 0.3) is 0 Å². The first-order valence-electron chi connectivity index (χ1n) is 6.57. The van der Waals surface area contributed by atoms with Crippen LogP contribution in [-0.2, 0) is 6.42 Å². The molecule has 0 bridgehead atoms. The Labute approximate surface area is 132 Å². The van der Waals surface area contributed by atoms with Crippen LogP contribution in [0.5, 0.6) is 5.75 Å². The summed E-state index contributed by atoms with van der Waals surface area (Å²) in [5.41, 5.74) is 3.56. The molecule has 1 atom stereocenters. The van der Waals surface area contributed by atoms with Crippen LogP contribution < -0.4 is 10.1 Å². The van der Waals surface area contributed by atoms with Gasteiger partial charge in [-0.25, -0.2) is 0 Å². The zero-order chi connectivity index (χ0) is 14.1. The Balaban J connectivity index is 1.65. The number of nitrogens with one attached hydrogen (secondary N) is 1. The van der Waals surface area contributed by atoms with Crippen LogP contribution in [0.3, 0.4) is 0 Å². The summed E-state index contributed by atoms with van der Waals surface area (Å²) in [6.07, 6.45) is 1.11. The average Bonchev–Trinajstić information content (AvgIpc) is 2.82. The van der Waals surface area contributed by atoms with Crippen molar-refractivity contribution in [1.29, 1.82) is 0 Å². The fourth-order valence-electron chi connectivity index (χ4n) is 2.43. The monoisotopic (exact) mass is 351 g/mol. The molecule has 1 heterocycles. The minimum absolute atomic E-state index is 0.165. The Bertz CT molecular complexity index is 644. The van der Waals surface area contributed by atoms with E-state index in [1.54, 1.807) is 0 Å². The molecule has 2 nitrogen and oxygen atoms in total. The Kier molecular flexibility index (Phi) is 3.90. The Morgan fingerprint density at radius 2 is 2.20 bits per heavy atom. The molecule has 4 heteroatoms. The predicted octanol–water partition coefficient (Wildman–Crippen LogP) is 4.83. The number of halogens is 2. The van der Waals surface area contributed by atoms with Crippen molar-refractivity contribution in [2.24, 2.45) is 0 Å². The standard InChI is InChI=1S/C16H15BrClNO/c1-10-5-6-15-11(7-10)8-12(20-15)9-19-14-4-2-3-13(18)16(14)17/h2-7,12,19H,8-9H2,1H3. The number of rotatable bonds is 3. The van der Waals surface area contributed by atoms with Crippen LogP contribution in [0.1, 0.15) is 11.1 Å². The van der Waals surface area contributed by atoms with Crippen molar-refractivity contribution in [2.45, 2.75) is 19.4 Å². The van der Waals surface area contributed by atoms with E-state index in [1.165, 1.54) is 11.1 Å². The zero-order valence-electron chi connectivity index (χ0n) is 11.1. The lowest BCUT2D eigenvalue weighted by atomic mass is 10.1. The van der Waals surface area contributed by atoms with Gasteiger partial charge in [-0.1, -0.05) is 35.4 Å². The Morgan fingerprint density at radius 1 is 1.35 bits per heavy atom. The Morgan fingerprint density at radius 3 is 3.05 bits per heavy atom. The number of aryl methyl sites for hydroxylation is 1. The van der Waals surface area contributed by atoms with E-state index in [0.29, 0.717) is 5.02 Å². The minimum Gasteiger partial charge on any atom is -0.488 e. The molecule has 0 amide bonds. The summed E-state index contributed by atoms with van der Waals surface area (Å²) in [7, 11) is 0. The van der Waals surface area contributed by atoms with E-state index >= 15 is 0 Å². The first-order chi connectivity index (χ1) is 9.63. The van der Waals surface area contributed by atoms with Gasteiger partial charge in [-0.3, -0.25) is 0 Å². The van der Waals surface area contributed by atoms with E-state index in [2.05, 4.69) is 46.4 Å². The molecule has 0 fully saturated rings. The molecule has 2 aromatic carbocycles. The van der Waals surface area contributed by atoms with Gasteiger partial charge in [-0.05, 0) is 46.6 Å². The van der Waals surface area contributed by atoms with Gasteiger partial charge in [0.05, 0.1) is 21.7 Å². The van der Waals surface area contributed by atoms with Gasteiger partial charge in [-0.2, -0.15) is 0 Å². The smallest absolute Gasteiger partial charge is 0.123 e. The molecule has 3 rings (SSSR count). The van der Waals surface area contributed by atoms with E-state index in [1.807, 2.05) is 18.2 Å². The maximum absolute atomic E-state index is 6.08. The van der Waals surface area contributed by atoms with E-state index in [9.17, 15) is 0 Å². The van der Waals surface area contributed by atoms with Gasteiger partial charge < -0.3 is 10.1 Å². The Hall–Kier alpha value is -1.19. The number of hydrogen-bond acceptors (Lipinski definition) is 2. The van der Waals surface area contributed by atoms with Crippen molar-refractivity contribution < 1.29 is 4.74 Å². The predicted molar refractivity (Wildman–Crippen MR) is 86.9 cm³/mol. The van der Waals surface area contributed by atoms with Crippen molar-refractivity contribution >= 4 is 33.2 Å². The van der Waals surface area contributed by atoms with Gasteiger partial charge in [0, 0.05) is 6.42 Å². The van der Waals surface area contributed by atoms with Crippen molar-refractivity contribution in [1.82, 2.24) is 0 Å². The largest absolute Gasteiger partial charge is 0.488 e. The third-order valence-corrected chi connectivity index (χ3v) is 4.83. The lowest BCUT2D eigenvalue weighted by molar-refractivity contribution is 0.246. The molecule has 0 saturated heterocycles. The molecule has 1 aliphatic heterocycles. The van der Waals surface area contributed by atoms with Gasteiger partial charge in [0.25, 0.3) is 0 Å². The molecule has 2 aromatic rings. The SMILES string of the molecule is Cc1ccc2c(c1)CC(CNc1cccc(Cl)c1Br)O2. The molecule has 0 aliphatic carbocycles. The second kappa shape index (κ2) is 5.66. The summed E-state index contributed by atoms with van der Waals surface area (Å²) >= 11 is 9.57. The molecular formula is C16H15BrClNO. The van der Waals surface area contributed by atoms with Crippen LogP contribution in [0.4, 0.5) is 5.69 Å². The average molecular weight is 353 g/mol. The normalized spacial score (nSPS) is 16.6. The van der Waals surface area contributed by atoms with Crippen LogP contribution in [-0.4, -0.2) is 12.6 Å². The first kappa shape index (κ1) is 13.8. The van der Waals surface area contributed by atoms with Gasteiger partial charge in [0.15, 0.2) is 0 Å². The van der Waals surface area contributed by atoms with E-state index in [-0.39, 0.29) is 6.10 Å². The molecule has 0 spiro atoms. The highest BCUT2D eigenvalue weighted by Crippen LogP contribution is 2.32. The number of ether oxygens (including phenoxy) is 1.